The number of nitrogens with one attached hydrogen (secondary N) is 1. The van der Waals surface area contributed by atoms with Crippen molar-refractivity contribution in [1.29, 1.82) is 0 Å². The molecule has 1 saturated heterocycles. The number of hydrogen-bond acceptors (Lipinski definition) is 3. The minimum absolute atomic E-state index is 0.0286. The number of carbonyl (C=O) groups excluding carboxylic acids is 1. The molecule has 0 aromatic rings. The van der Waals surface area contributed by atoms with E-state index in [1.165, 1.54) is 0 Å². The molecule has 108 valence electrons. The Kier molecular flexibility index (Phi) is 4.96. The average molecular weight is 286 g/mol. The fourth-order valence-electron chi connectivity index (χ4n) is 2.74. The van der Waals surface area contributed by atoms with Gasteiger partial charge >= 0.3 is 12.0 Å². The van der Waals surface area contributed by atoms with Gasteiger partial charge in [-0.25, -0.2) is 4.79 Å². The highest BCUT2D eigenvalue weighted by molar-refractivity contribution is 7.99. The molecule has 2 amide bonds. The monoisotopic (exact) mass is 286 g/mol. The Hall–Kier alpha value is -0.910. The van der Waals surface area contributed by atoms with E-state index in [4.69, 9.17) is 5.11 Å². The Morgan fingerprint density at radius 2 is 2.00 bits per heavy atom. The van der Waals surface area contributed by atoms with Crippen LogP contribution in [0.2, 0.25) is 0 Å². The van der Waals surface area contributed by atoms with Gasteiger partial charge in [-0.1, -0.05) is 6.42 Å². The Bertz CT molecular complexity index is 337. The van der Waals surface area contributed by atoms with Crippen LogP contribution in [-0.2, 0) is 4.79 Å². The van der Waals surface area contributed by atoms with Gasteiger partial charge in [0.05, 0.1) is 6.42 Å². The highest BCUT2D eigenvalue weighted by atomic mass is 32.2. The van der Waals surface area contributed by atoms with Gasteiger partial charge < -0.3 is 15.3 Å². The minimum atomic E-state index is -0.764. The number of amides is 2. The second-order valence-corrected chi connectivity index (χ2v) is 6.76. The molecule has 2 aliphatic rings. The van der Waals surface area contributed by atoms with Crippen molar-refractivity contribution in [2.24, 2.45) is 5.41 Å². The van der Waals surface area contributed by atoms with Crippen LogP contribution in [0.15, 0.2) is 0 Å². The van der Waals surface area contributed by atoms with Crippen molar-refractivity contribution in [3.8, 4) is 0 Å². The molecule has 0 unspecified atom stereocenters. The van der Waals surface area contributed by atoms with Gasteiger partial charge in [0.1, 0.15) is 0 Å². The topological polar surface area (TPSA) is 69.6 Å². The lowest BCUT2D eigenvalue weighted by Crippen LogP contribution is -2.48. The van der Waals surface area contributed by atoms with Crippen molar-refractivity contribution in [3.05, 3.63) is 0 Å². The van der Waals surface area contributed by atoms with Crippen molar-refractivity contribution < 1.29 is 14.7 Å². The van der Waals surface area contributed by atoms with Crippen molar-refractivity contribution in [1.82, 2.24) is 10.2 Å². The quantitative estimate of drug-likeness (QED) is 0.826. The maximum absolute atomic E-state index is 12.1. The SMILES string of the molecule is O=C(O)CC1(CNC(=O)N2CCCSCC2)CCC1. The number of thioether (sulfide) groups is 1. The first-order valence-electron chi connectivity index (χ1n) is 6.94. The van der Waals surface area contributed by atoms with Crippen LogP contribution in [-0.4, -0.2) is 53.1 Å². The summed E-state index contributed by atoms with van der Waals surface area (Å²) in [6.45, 7) is 2.11. The second kappa shape index (κ2) is 6.50. The lowest BCUT2D eigenvalue weighted by Gasteiger charge is -2.41. The number of nitrogens with zero attached hydrogens (tertiary/aromatic N) is 1. The molecule has 2 N–H and O–H groups in total. The molecule has 2 fully saturated rings. The fourth-order valence-corrected chi connectivity index (χ4v) is 3.62. The van der Waals surface area contributed by atoms with E-state index < -0.39 is 5.97 Å². The predicted molar refractivity (Wildman–Crippen MR) is 75.5 cm³/mol. The zero-order chi connectivity index (χ0) is 13.7. The van der Waals surface area contributed by atoms with E-state index in [0.717, 1.165) is 50.3 Å². The predicted octanol–water partition coefficient (Wildman–Crippen LogP) is 1.78. The Morgan fingerprint density at radius 3 is 2.63 bits per heavy atom. The van der Waals surface area contributed by atoms with Gasteiger partial charge in [-0.15, -0.1) is 0 Å². The second-order valence-electron chi connectivity index (χ2n) is 5.54. The highest BCUT2D eigenvalue weighted by Gasteiger charge is 2.39. The molecule has 0 aromatic carbocycles. The molecule has 5 nitrogen and oxygen atoms in total. The van der Waals surface area contributed by atoms with Gasteiger partial charge in [-0.3, -0.25) is 4.79 Å². The van der Waals surface area contributed by atoms with E-state index in [1.54, 1.807) is 0 Å². The number of rotatable bonds is 4. The van der Waals surface area contributed by atoms with Crippen molar-refractivity contribution in [2.45, 2.75) is 32.1 Å². The fraction of sp³-hybridized carbons (Fsp3) is 0.846. The molecular weight excluding hydrogens is 264 g/mol. The summed E-state index contributed by atoms with van der Waals surface area (Å²) >= 11 is 1.89. The molecule has 1 aliphatic heterocycles. The van der Waals surface area contributed by atoms with Crippen LogP contribution in [0.3, 0.4) is 0 Å². The summed E-state index contributed by atoms with van der Waals surface area (Å²) in [6.07, 6.45) is 4.11. The summed E-state index contributed by atoms with van der Waals surface area (Å²) in [5.74, 6) is 1.35. The molecular formula is C13H22N2O3S. The van der Waals surface area contributed by atoms with E-state index in [2.05, 4.69) is 5.32 Å². The summed E-state index contributed by atoms with van der Waals surface area (Å²) in [5, 5.41) is 11.9. The minimum Gasteiger partial charge on any atom is -0.481 e. The maximum atomic E-state index is 12.1. The molecule has 0 atom stereocenters. The average Bonchev–Trinajstić information content (AvgIpc) is 2.60. The van der Waals surface area contributed by atoms with Crippen LogP contribution in [0.25, 0.3) is 0 Å². The molecule has 1 aliphatic carbocycles. The first-order valence-corrected chi connectivity index (χ1v) is 8.09. The molecule has 0 radical (unpaired) electrons. The van der Waals surface area contributed by atoms with Crippen molar-refractivity contribution in [3.63, 3.8) is 0 Å². The molecule has 2 rings (SSSR count). The Labute approximate surface area is 118 Å². The molecule has 1 heterocycles. The molecule has 0 bridgehead atoms. The summed E-state index contributed by atoms with van der Waals surface area (Å²) in [5.41, 5.74) is -0.192. The third kappa shape index (κ3) is 4.03. The number of carbonyl (C=O) groups is 2. The Balaban J connectivity index is 1.79. The van der Waals surface area contributed by atoms with E-state index in [9.17, 15) is 9.59 Å². The van der Waals surface area contributed by atoms with Gasteiger partial charge in [-0.2, -0.15) is 11.8 Å². The first-order chi connectivity index (χ1) is 9.11. The van der Waals surface area contributed by atoms with Crippen LogP contribution in [0.4, 0.5) is 4.79 Å². The van der Waals surface area contributed by atoms with Gasteiger partial charge in [0, 0.05) is 25.4 Å². The van der Waals surface area contributed by atoms with Crippen LogP contribution in [0, 0.1) is 5.41 Å². The number of hydrogen-bond donors (Lipinski definition) is 2. The summed E-state index contributed by atoms with van der Waals surface area (Å²) in [6, 6.07) is -0.0286. The van der Waals surface area contributed by atoms with Gasteiger partial charge in [0.25, 0.3) is 0 Å². The van der Waals surface area contributed by atoms with Crippen molar-refractivity contribution in [2.75, 3.05) is 31.1 Å². The van der Waals surface area contributed by atoms with E-state index in [1.807, 2.05) is 16.7 Å². The van der Waals surface area contributed by atoms with Gasteiger partial charge in [0.15, 0.2) is 0 Å². The smallest absolute Gasteiger partial charge is 0.317 e. The molecule has 0 aromatic heterocycles. The lowest BCUT2D eigenvalue weighted by molar-refractivity contribution is -0.141. The number of urea groups is 1. The molecule has 1 saturated carbocycles. The first kappa shape index (κ1) is 14.5. The summed E-state index contributed by atoms with van der Waals surface area (Å²) in [4.78, 5) is 24.8. The standard InChI is InChI=1S/C13H22N2O3S/c16-11(17)9-13(3-1-4-13)10-14-12(18)15-5-2-7-19-8-6-15/h1-10H2,(H,14,18)(H,16,17). The number of aliphatic carboxylic acids is 1. The number of carboxylic acid groups (broad SMARTS) is 1. The third-order valence-corrected chi connectivity index (χ3v) is 5.11. The van der Waals surface area contributed by atoms with E-state index in [-0.39, 0.29) is 17.9 Å². The van der Waals surface area contributed by atoms with Crippen LogP contribution >= 0.6 is 11.8 Å². The largest absolute Gasteiger partial charge is 0.481 e. The van der Waals surface area contributed by atoms with Crippen molar-refractivity contribution >= 4 is 23.8 Å². The number of carboxylic acids is 1. The van der Waals surface area contributed by atoms with Crippen LogP contribution in [0.5, 0.6) is 0 Å². The Morgan fingerprint density at radius 1 is 1.21 bits per heavy atom. The zero-order valence-corrected chi connectivity index (χ0v) is 12.0. The van der Waals surface area contributed by atoms with Crippen LogP contribution < -0.4 is 5.32 Å². The van der Waals surface area contributed by atoms with E-state index in [0.29, 0.717) is 6.54 Å². The normalized spacial score (nSPS) is 22.2. The zero-order valence-electron chi connectivity index (χ0n) is 11.2. The van der Waals surface area contributed by atoms with E-state index >= 15 is 0 Å². The maximum Gasteiger partial charge on any atom is 0.317 e. The molecule has 19 heavy (non-hydrogen) atoms. The third-order valence-electron chi connectivity index (χ3n) is 4.06. The molecule has 0 spiro atoms. The summed E-state index contributed by atoms with van der Waals surface area (Å²) < 4.78 is 0. The summed E-state index contributed by atoms with van der Waals surface area (Å²) in [7, 11) is 0. The van der Waals surface area contributed by atoms with Gasteiger partial charge in [0.2, 0.25) is 0 Å². The molecule has 6 heteroatoms. The lowest BCUT2D eigenvalue weighted by atomic mass is 9.66. The highest BCUT2D eigenvalue weighted by Crippen LogP contribution is 2.43. The van der Waals surface area contributed by atoms with Gasteiger partial charge in [-0.05, 0) is 30.4 Å². The van der Waals surface area contributed by atoms with Crippen LogP contribution in [0.1, 0.15) is 32.1 Å².